The second-order valence-corrected chi connectivity index (χ2v) is 20.0. The number of phosphoric acid groups is 1. The minimum Gasteiger partial charge on any atom is -0.756 e. The molecule has 3 N–H and O–H groups in total. The average Bonchev–Trinajstić information content (AvgIpc) is 3.26. The summed E-state index contributed by atoms with van der Waals surface area (Å²) in [7, 11) is 1.09. The highest BCUT2D eigenvalue weighted by atomic mass is 31.2. The largest absolute Gasteiger partial charge is 0.756 e. The molecule has 0 aliphatic carbocycles. The van der Waals surface area contributed by atoms with Gasteiger partial charge in [-0.2, -0.15) is 0 Å². The number of nitrogens with one attached hydrogen (secondary N) is 1. The molecule has 0 saturated heterocycles. The van der Waals surface area contributed by atoms with Crippen molar-refractivity contribution in [1.29, 1.82) is 0 Å². The second-order valence-electron chi connectivity index (χ2n) is 18.6. The van der Waals surface area contributed by atoms with Gasteiger partial charge in [-0.1, -0.05) is 182 Å². The first-order valence-corrected chi connectivity index (χ1v) is 27.5. The highest BCUT2D eigenvalue weighted by molar-refractivity contribution is 7.45. The third-order valence-electron chi connectivity index (χ3n) is 11.2. The average molecular weight is 931 g/mol. The molecule has 0 aliphatic heterocycles. The molecule has 0 bridgehead atoms. The zero-order valence-electron chi connectivity index (χ0n) is 42.3. The number of aliphatic hydroxyl groups excluding tert-OH is 2. The number of nitrogens with zero attached hydrogens (tertiary/aromatic N) is 1. The summed E-state index contributed by atoms with van der Waals surface area (Å²) in [6.07, 6.45) is 59.3. The van der Waals surface area contributed by atoms with Crippen molar-refractivity contribution in [2.45, 2.75) is 218 Å². The molecule has 4 unspecified atom stereocenters. The Morgan fingerprint density at radius 1 is 0.569 bits per heavy atom. The van der Waals surface area contributed by atoms with E-state index in [1.807, 2.05) is 21.1 Å². The van der Waals surface area contributed by atoms with Gasteiger partial charge in [-0.3, -0.25) is 9.36 Å². The van der Waals surface area contributed by atoms with Gasteiger partial charge in [0, 0.05) is 6.42 Å². The van der Waals surface area contributed by atoms with Crippen LogP contribution in [0, 0.1) is 0 Å². The summed E-state index contributed by atoms with van der Waals surface area (Å²) in [5, 5.41) is 24.6. The molecule has 0 rings (SSSR count). The molecule has 0 heterocycles. The first kappa shape index (κ1) is 62.6. The monoisotopic (exact) mass is 931 g/mol. The Morgan fingerprint density at radius 2 is 0.985 bits per heavy atom. The molecule has 0 aromatic carbocycles. The molecule has 4 atom stereocenters. The lowest BCUT2D eigenvalue weighted by Gasteiger charge is -2.31. The predicted octanol–water partition coefficient (Wildman–Crippen LogP) is 13.6. The molecule has 10 heteroatoms. The van der Waals surface area contributed by atoms with Crippen molar-refractivity contribution < 1.29 is 38.0 Å². The lowest BCUT2D eigenvalue weighted by atomic mass is 10.0. The van der Waals surface area contributed by atoms with Crippen LogP contribution in [0.2, 0.25) is 0 Å². The highest BCUT2D eigenvalue weighted by Crippen LogP contribution is 2.38. The van der Waals surface area contributed by atoms with Gasteiger partial charge in [-0.15, -0.1) is 0 Å². The molecule has 0 spiro atoms. The van der Waals surface area contributed by atoms with Gasteiger partial charge in [0.2, 0.25) is 5.91 Å². The normalized spacial score (nSPS) is 15.3. The zero-order valence-corrected chi connectivity index (χ0v) is 43.2. The van der Waals surface area contributed by atoms with Gasteiger partial charge in [0.1, 0.15) is 19.3 Å². The number of aliphatic hydroxyl groups is 2. The standard InChI is InChI=1S/C55H99N2O7P/c1-6-8-10-12-14-16-18-20-21-22-23-24-25-26-27-28-29-30-31-32-33-34-35-36-38-40-42-44-46-48-54(59)56-52(51-64-65(61,62)63-50-49-57(3,4)5)55(60)53(58)47-45-43-41-39-37-19-17-15-13-11-9-7-2/h8,10,14-17,20-21,23-24,26-27,39,41,52-53,55,58,60H,6-7,9,11-13,18-19,22,25,28-38,40,42-51H2,1-5H3,(H-,56,59,61,62)/b10-8-,16-14-,17-15+,21-20-,24-23-,27-26-,41-39+. The summed E-state index contributed by atoms with van der Waals surface area (Å²) in [6.45, 7) is 4.25. The van der Waals surface area contributed by atoms with E-state index >= 15 is 0 Å². The Kier molecular flexibility index (Phi) is 43.8. The van der Waals surface area contributed by atoms with Crippen LogP contribution in [0.1, 0.15) is 200 Å². The lowest BCUT2D eigenvalue weighted by molar-refractivity contribution is -0.870. The van der Waals surface area contributed by atoms with Gasteiger partial charge in [-0.25, -0.2) is 0 Å². The van der Waals surface area contributed by atoms with Gasteiger partial charge < -0.3 is 34.0 Å². The maximum Gasteiger partial charge on any atom is 0.268 e. The van der Waals surface area contributed by atoms with Crippen LogP contribution in [0.3, 0.4) is 0 Å². The molecular formula is C55H99N2O7P. The Labute approximate surface area is 399 Å². The number of hydrogen-bond donors (Lipinski definition) is 3. The SMILES string of the molecule is CC/C=C\C/C=C\C/C=C\C/C=C\C/C=C\CCCCCCCCCCCCCCCC(=O)NC(COP(=O)([O-])OCC[N+](C)(C)C)C(O)C(O)CCC/C=C/CC/C=C/CCCCC. The molecule has 65 heavy (non-hydrogen) atoms. The molecule has 0 aromatic rings. The first-order valence-electron chi connectivity index (χ1n) is 26.0. The fourth-order valence-corrected chi connectivity index (χ4v) is 7.78. The number of rotatable bonds is 46. The summed E-state index contributed by atoms with van der Waals surface area (Å²) in [4.78, 5) is 25.5. The Hall–Kier alpha value is -2.36. The van der Waals surface area contributed by atoms with Crippen molar-refractivity contribution in [3.05, 3.63) is 85.1 Å². The number of quaternary nitrogens is 1. The van der Waals surface area contributed by atoms with Crippen LogP contribution in [0.4, 0.5) is 0 Å². The van der Waals surface area contributed by atoms with Crippen molar-refractivity contribution in [2.24, 2.45) is 0 Å². The van der Waals surface area contributed by atoms with Gasteiger partial charge in [-0.05, 0) is 96.3 Å². The molecule has 0 fully saturated rings. The summed E-state index contributed by atoms with van der Waals surface area (Å²) in [5.41, 5.74) is 0. The molecule has 0 aliphatic rings. The van der Waals surface area contributed by atoms with E-state index in [1.54, 1.807) is 0 Å². The smallest absolute Gasteiger partial charge is 0.268 e. The molecule has 0 saturated carbocycles. The number of unbranched alkanes of at least 4 members (excludes halogenated alkanes) is 18. The molecule has 1 amide bonds. The topological polar surface area (TPSA) is 128 Å². The number of phosphoric ester groups is 1. The van der Waals surface area contributed by atoms with E-state index in [9.17, 15) is 24.5 Å². The highest BCUT2D eigenvalue weighted by Gasteiger charge is 2.29. The summed E-state index contributed by atoms with van der Waals surface area (Å²) in [6, 6.07) is -1.10. The summed E-state index contributed by atoms with van der Waals surface area (Å²) >= 11 is 0. The van der Waals surface area contributed by atoms with Crippen LogP contribution in [-0.2, 0) is 18.4 Å². The molecule has 0 aromatic heterocycles. The van der Waals surface area contributed by atoms with E-state index in [4.69, 9.17) is 9.05 Å². The number of amides is 1. The van der Waals surface area contributed by atoms with E-state index < -0.39 is 32.7 Å². The van der Waals surface area contributed by atoms with E-state index in [1.165, 1.54) is 83.5 Å². The molecule has 376 valence electrons. The number of carbonyl (C=O) groups excluding carboxylic acids is 1. The van der Waals surface area contributed by atoms with E-state index in [-0.39, 0.29) is 18.9 Å². The number of carbonyl (C=O) groups is 1. The number of allylic oxidation sites excluding steroid dienone is 14. The second kappa shape index (κ2) is 45.4. The van der Waals surface area contributed by atoms with Crippen molar-refractivity contribution in [3.8, 4) is 0 Å². The Balaban J connectivity index is 4.26. The number of hydrogen-bond acceptors (Lipinski definition) is 7. The van der Waals surface area contributed by atoms with Crippen molar-refractivity contribution >= 4 is 13.7 Å². The minimum absolute atomic E-state index is 0.0524. The zero-order chi connectivity index (χ0) is 48.0. The van der Waals surface area contributed by atoms with Crippen molar-refractivity contribution in [3.63, 3.8) is 0 Å². The maximum absolute atomic E-state index is 13.0. The molecular weight excluding hydrogens is 832 g/mol. The van der Waals surface area contributed by atoms with Crippen molar-refractivity contribution in [2.75, 3.05) is 40.9 Å². The first-order chi connectivity index (χ1) is 31.4. The Morgan fingerprint density at radius 3 is 1.48 bits per heavy atom. The van der Waals surface area contributed by atoms with Crippen LogP contribution in [-0.4, -0.2) is 79.8 Å². The minimum atomic E-state index is -4.68. The van der Waals surface area contributed by atoms with Crippen LogP contribution in [0.25, 0.3) is 0 Å². The number of likely N-dealkylation sites (N-methyl/N-ethyl adjacent to an activating group) is 1. The van der Waals surface area contributed by atoms with Gasteiger partial charge in [0.25, 0.3) is 7.82 Å². The van der Waals surface area contributed by atoms with Crippen LogP contribution in [0.15, 0.2) is 85.1 Å². The quantitative estimate of drug-likeness (QED) is 0.0240. The predicted molar refractivity (Wildman–Crippen MR) is 276 cm³/mol. The summed E-state index contributed by atoms with van der Waals surface area (Å²) < 4.78 is 23.2. The fraction of sp³-hybridized carbons (Fsp3) is 0.727. The van der Waals surface area contributed by atoms with Gasteiger partial charge >= 0.3 is 0 Å². The van der Waals surface area contributed by atoms with Crippen LogP contribution < -0.4 is 10.2 Å². The van der Waals surface area contributed by atoms with Gasteiger partial charge in [0.15, 0.2) is 0 Å². The van der Waals surface area contributed by atoms with Crippen LogP contribution in [0.5, 0.6) is 0 Å². The van der Waals surface area contributed by atoms with E-state index in [0.717, 1.165) is 77.0 Å². The lowest BCUT2D eigenvalue weighted by Crippen LogP contribution is -2.51. The third kappa shape index (κ3) is 46.5. The van der Waals surface area contributed by atoms with Crippen LogP contribution >= 0.6 is 7.82 Å². The van der Waals surface area contributed by atoms with Crippen molar-refractivity contribution in [1.82, 2.24) is 5.32 Å². The fourth-order valence-electron chi connectivity index (χ4n) is 7.06. The van der Waals surface area contributed by atoms with E-state index in [0.29, 0.717) is 30.3 Å². The van der Waals surface area contributed by atoms with Gasteiger partial charge in [0.05, 0.1) is 39.9 Å². The van der Waals surface area contributed by atoms with E-state index in [2.05, 4.69) is 104 Å². The molecule has 0 radical (unpaired) electrons. The molecule has 9 nitrogen and oxygen atoms in total. The summed E-state index contributed by atoms with van der Waals surface area (Å²) in [5.74, 6) is -0.298. The maximum atomic E-state index is 13.0. The Bertz CT molecular complexity index is 1350. The third-order valence-corrected chi connectivity index (χ3v) is 12.2.